The molecule has 1 aromatic heterocycles. The Balaban J connectivity index is 1.55. The lowest BCUT2D eigenvalue weighted by Gasteiger charge is -2.32. The summed E-state index contributed by atoms with van der Waals surface area (Å²) in [4.78, 5) is 3.85. The summed E-state index contributed by atoms with van der Waals surface area (Å²) in [6, 6.07) is 8.99. The molecule has 0 saturated carbocycles. The van der Waals surface area contributed by atoms with Crippen LogP contribution >= 0.6 is 22.9 Å². The summed E-state index contributed by atoms with van der Waals surface area (Å²) in [6.45, 7) is 6.74. The number of fused-ring (bicyclic) bond motifs is 1. The highest BCUT2D eigenvalue weighted by Gasteiger charge is 2.16. The highest BCUT2D eigenvalue weighted by Crippen LogP contribution is 2.34. The maximum Gasteiger partial charge on any atom is 0.0636 e. The Kier molecular flexibility index (Phi) is 5.17. The maximum atomic E-state index is 6.48. The highest BCUT2D eigenvalue weighted by atomic mass is 35.5. The van der Waals surface area contributed by atoms with Crippen LogP contribution in [-0.2, 0) is 6.54 Å². The summed E-state index contributed by atoms with van der Waals surface area (Å²) in [6.07, 6.45) is 4.10. The summed E-state index contributed by atoms with van der Waals surface area (Å²) in [5.41, 5.74) is 0. The van der Waals surface area contributed by atoms with E-state index in [2.05, 4.69) is 41.4 Å². The molecule has 2 aromatic rings. The first-order valence-corrected chi connectivity index (χ1v) is 9.06. The van der Waals surface area contributed by atoms with Crippen molar-refractivity contribution in [3.8, 4) is 0 Å². The first kappa shape index (κ1) is 15.3. The number of thiophene rings is 1. The van der Waals surface area contributed by atoms with Gasteiger partial charge in [-0.25, -0.2) is 0 Å². The zero-order chi connectivity index (χ0) is 14.7. The SMILES string of the molecule is CC(CNCc1sc2ccccc2c1Cl)N1CCCCC1. The second-order valence-corrected chi connectivity index (χ2v) is 7.43. The van der Waals surface area contributed by atoms with Gasteiger partial charge in [-0.2, -0.15) is 0 Å². The van der Waals surface area contributed by atoms with E-state index in [0.717, 1.165) is 18.1 Å². The molecule has 1 atom stereocenters. The number of piperidine rings is 1. The van der Waals surface area contributed by atoms with Crippen LogP contribution in [0.4, 0.5) is 0 Å². The Bertz CT molecular complexity index is 589. The van der Waals surface area contributed by atoms with Crippen LogP contribution in [0.5, 0.6) is 0 Å². The average molecular weight is 323 g/mol. The van der Waals surface area contributed by atoms with E-state index < -0.39 is 0 Å². The molecule has 1 fully saturated rings. The molecule has 21 heavy (non-hydrogen) atoms. The number of benzene rings is 1. The number of nitrogens with zero attached hydrogens (tertiary/aromatic N) is 1. The molecule has 2 nitrogen and oxygen atoms in total. The number of nitrogens with one attached hydrogen (secondary N) is 1. The van der Waals surface area contributed by atoms with E-state index in [-0.39, 0.29) is 0 Å². The van der Waals surface area contributed by atoms with Crippen molar-refractivity contribution < 1.29 is 0 Å². The lowest BCUT2D eigenvalue weighted by Crippen LogP contribution is -2.42. The van der Waals surface area contributed by atoms with E-state index in [1.807, 2.05) is 0 Å². The van der Waals surface area contributed by atoms with Gasteiger partial charge in [0.15, 0.2) is 0 Å². The molecule has 0 amide bonds. The van der Waals surface area contributed by atoms with Crippen LogP contribution in [-0.4, -0.2) is 30.6 Å². The summed E-state index contributed by atoms with van der Waals surface area (Å²) >= 11 is 8.28. The van der Waals surface area contributed by atoms with Crippen molar-refractivity contribution in [2.24, 2.45) is 0 Å². The molecular weight excluding hydrogens is 300 g/mol. The summed E-state index contributed by atoms with van der Waals surface area (Å²) in [5.74, 6) is 0. The maximum absolute atomic E-state index is 6.48. The number of rotatable bonds is 5. The topological polar surface area (TPSA) is 15.3 Å². The molecule has 1 unspecified atom stereocenters. The Morgan fingerprint density at radius 3 is 2.76 bits per heavy atom. The average Bonchev–Trinajstić information content (AvgIpc) is 2.85. The molecule has 0 aliphatic carbocycles. The monoisotopic (exact) mass is 322 g/mol. The summed E-state index contributed by atoms with van der Waals surface area (Å²) in [5, 5.41) is 5.69. The Morgan fingerprint density at radius 1 is 1.24 bits per heavy atom. The van der Waals surface area contributed by atoms with E-state index in [4.69, 9.17) is 11.6 Å². The van der Waals surface area contributed by atoms with Crippen LogP contribution in [0.2, 0.25) is 5.02 Å². The zero-order valence-corrected chi connectivity index (χ0v) is 14.1. The lowest BCUT2D eigenvalue weighted by atomic mass is 10.1. The van der Waals surface area contributed by atoms with E-state index in [0.29, 0.717) is 6.04 Å². The minimum absolute atomic E-state index is 0.610. The van der Waals surface area contributed by atoms with E-state index >= 15 is 0 Å². The second kappa shape index (κ2) is 7.10. The van der Waals surface area contributed by atoms with Crippen LogP contribution in [0.1, 0.15) is 31.1 Å². The van der Waals surface area contributed by atoms with Gasteiger partial charge in [-0.1, -0.05) is 36.2 Å². The zero-order valence-electron chi connectivity index (χ0n) is 12.6. The molecule has 114 valence electrons. The fraction of sp³-hybridized carbons (Fsp3) is 0.529. The molecular formula is C17H23ClN2S. The molecule has 1 N–H and O–H groups in total. The second-order valence-electron chi connectivity index (χ2n) is 5.91. The third kappa shape index (κ3) is 3.59. The molecule has 0 bridgehead atoms. The first-order valence-electron chi connectivity index (χ1n) is 7.86. The standard InChI is InChI=1S/C17H23ClN2S/c1-13(20-9-5-2-6-10-20)11-19-12-16-17(18)14-7-3-4-8-15(14)21-16/h3-4,7-8,13,19H,2,5-6,9-12H2,1H3. The molecule has 0 spiro atoms. The van der Waals surface area contributed by atoms with Crippen LogP contribution in [0.3, 0.4) is 0 Å². The number of halogens is 1. The quantitative estimate of drug-likeness (QED) is 0.870. The minimum Gasteiger partial charge on any atom is -0.310 e. The van der Waals surface area contributed by atoms with Gasteiger partial charge in [-0.3, -0.25) is 4.90 Å². The normalized spacial score (nSPS) is 18.2. The van der Waals surface area contributed by atoms with Gasteiger partial charge < -0.3 is 5.32 Å². The summed E-state index contributed by atoms with van der Waals surface area (Å²) in [7, 11) is 0. The molecule has 0 radical (unpaired) electrons. The summed E-state index contributed by atoms with van der Waals surface area (Å²) < 4.78 is 1.28. The molecule has 4 heteroatoms. The third-order valence-corrected chi connectivity index (χ3v) is 6.06. The van der Waals surface area contributed by atoms with Crippen molar-refractivity contribution in [1.29, 1.82) is 0 Å². The van der Waals surface area contributed by atoms with Crippen molar-refractivity contribution in [2.45, 2.75) is 38.8 Å². The minimum atomic E-state index is 0.610. The third-order valence-electron chi connectivity index (χ3n) is 4.34. The Morgan fingerprint density at radius 2 is 2.00 bits per heavy atom. The Labute approximate surface area is 136 Å². The van der Waals surface area contributed by atoms with Crippen LogP contribution in [0.15, 0.2) is 24.3 Å². The van der Waals surface area contributed by atoms with Gasteiger partial charge in [0, 0.05) is 34.1 Å². The smallest absolute Gasteiger partial charge is 0.0636 e. The van der Waals surface area contributed by atoms with Crippen molar-refractivity contribution in [1.82, 2.24) is 10.2 Å². The van der Waals surface area contributed by atoms with Gasteiger partial charge >= 0.3 is 0 Å². The van der Waals surface area contributed by atoms with Crippen molar-refractivity contribution >= 4 is 33.0 Å². The fourth-order valence-electron chi connectivity index (χ4n) is 3.06. The lowest BCUT2D eigenvalue weighted by molar-refractivity contribution is 0.171. The molecule has 1 aliphatic heterocycles. The Hall–Kier alpha value is -0.610. The molecule has 1 aromatic carbocycles. The van der Waals surface area contributed by atoms with E-state index in [1.165, 1.54) is 47.3 Å². The molecule has 1 saturated heterocycles. The fourth-order valence-corrected chi connectivity index (χ4v) is 4.53. The first-order chi connectivity index (χ1) is 10.3. The van der Waals surface area contributed by atoms with Crippen LogP contribution in [0, 0.1) is 0 Å². The van der Waals surface area contributed by atoms with Gasteiger partial charge in [0.25, 0.3) is 0 Å². The van der Waals surface area contributed by atoms with E-state index in [9.17, 15) is 0 Å². The van der Waals surface area contributed by atoms with Gasteiger partial charge in [-0.05, 0) is 38.9 Å². The predicted molar refractivity (Wildman–Crippen MR) is 93.4 cm³/mol. The van der Waals surface area contributed by atoms with Gasteiger partial charge in [0.2, 0.25) is 0 Å². The molecule has 3 rings (SSSR count). The van der Waals surface area contributed by atoms with Crippen molar-refractivity contribution in [2.75, 3.05) is 19.6 Å². The van der Waals surface area contributed by atoms with Crippen LogP contribution in [0.25, 0.3) is 10.1 Å². The van der Waals surface area contributed by atoms with Crippen LogP contribution < -0.4 is 5.32 Å². The predicted octanol–water partition coefficient (Wildman–Crippen LogP) is 4.52. The van der Waals surface area contributed by atoms with Crippen molar-refractivity contribution in [3.05, 3.63) is 34.2 Å². The van der Waals surface area contributed by atoms with Gasteiger partial charge in [0.05, 0.1) is 5.02 Å². The highest BCUT2D eigenvalue weighted by molar-refractivity contribution is 7.19. The van der Waals surface area contributed by atoms with E-state index in [1.54, 1.807) is 11.3 Å². The number of likely N-dealkylation sites (tertiary alicyclic amines) is 1. The van der Waals surface area contributed by atoms with Gasteiger partial charge in [-0.15, -0.1) is 11.3 Å². The van der Waals surface area contributed by atoms with Gasteiger partial charge in [0.1, 0.15) is 0 Å². The molecule has 2 heterocycles. The van der Waals surface area contributed by atoms with Crippen molar-refractivity contribution in [3.63, 3.8) is 0 Å². The molecule has 1 aliphatic rings. The largest absolute Gasteiger partial charge is 0.310 e. The number of hydrogen-bond donors (Lipinski definition) is 1. The number of hydrogen-bond acceptors (Lipinski definition) is 3.